The number of methoxy groups -OCH3 is 1. The fraction of sp³-hybridized carbons (Fsp3) is 0.571. The molecule has 0 saturated carbocycles. The summed E-state index contributed by atoms with van der Waals surface area (Å²) in [5, 5.41) is 70.8. The van der Waals surface area contributed by atoms with Crippen molar-refractivity contribution >= 4 is 54.2 Å². The van der Waals surface area contributed by atoms with Gasteiger partial charge in [-0.25, -0.2) is 14.9 Å². The molecule has 0 radical (unpaired) electrons. The third-order valence-electron chi connectivity index (χ3n) is 8.71. The molecule has 0 spiro atoms. The Balaban J connectivity index is 2.92. The van der Waals surface area contributed by atoms with Gasteiger partial charge in [0, 0.05) is 25.7 Å². The van der Waals surface area contributed by atoms with Crippen molar-refractivity contribution in [3.05, 3.63) is 23.8 Å². The molecule has 0 heterocycles. The average Bonchev–Trinajstić information content (AvgIpc) is 3.21. The first-order valence-corrected chi connectivity index (χ1v) is 18.6. The Morgan fingerprint density at radius 1 is 0.767 bits per heavy atom. The lowest BCUT2D eigenvalue weighted by Gasteiger charge is -2.26. The fourth-order valence-electron chi connectivity index (χ4n) is 5.41. The minimum Gasteiger partial charge on any atom is -0.504 e. The second-order valence-corrected chi connectivity index (χ2v) is 13.4. The van der Waals surface area contributed by atoms with Crippen LogP contribution in [0.2, 0.25) is 0 Å². The average molecular weight is 858 g/mol. The Bertz CT molecular complexity index is 1620. The van der Waals surface area contributed by atoms with Crippen LogP contribution in [-0.2, 0) is 43.1 Å². The highest BCUT2D eigenvalue weighted by molar-refractivity contribution is 5.98. The Labute approximate surface area is 343 Å². The zero-order chi connectivity index (χ0) is 45.4. The number of amides is 8. The van der Waals surface area contributed by atoms with Gasteiger partial charge in [0.15, 0.2) is 11.5 Å². The molecule has 336 valence electrons. The van der Waals surface area contributed by atoms with Crippen molar-refractivity contribution in [2.75, 3.05) is 33.4 Å². The number of hydrogen-bond donors (Lipinski definition) is 13. The van der Waals surface area contributed by atoms with Gasteiger partial charge in [-0.1, -0.05) is 12.5 Å². The van der Waals surface area contributed by atoms with Crippen molar-refractivity contribution < 1.29 is 78.7 Å². The van der Waals surface area contributed by atoms with Crippen LogP contribution in [0.4, 0.5) is 0 Å². The van der Waals surface area contributed by atoms with Gasteiger partial charge in [-0.3, -0.25) is 48.8 Å². The summed E-state index contributed by atoms with van der Waals surface area (Å²) >= 11 is 0. The molecule has 0 saturated heterocycles. The number of para-hydroxylation sites is 1. The number of aliphatic hydroxyl groups excluding tert-OH is 2. The number of aromatic hydroxyl groups is 2. The van der Waals surface area contributed by atoms with Crippen LogP contribution in [0.5, 0.6) is 11.5 Å². The summed E-state index contributed by atoms with van der Waals surface area (Å²) < 4.78 is 4.67. The maximum Gasteiger partial charge on any atom is 0.328 e. The molecule has 0 aromatic heterocycles. The SMILES string of the molecule is COC(=O)C(CCCN(O)C=O)NC(=O)C(CC(N)=O)NC(=O)C(CCCN(O)C=O)NC(=O)C(CO)NC(=O)CC(O)C(N)CCCCNC(=O)c1cccc(O)c1O. The van der Waals surface area contributed by atoms with Crippen LogP contribution in [0.15, 0.2) is 18.2 Å². The van der Waals surface area contributed by atoms with E-state index in [1.165, 1.54) is 18.2 Å². The van der Waals surface area contributed by atoms with Gasteiger partial charge in [-0.05, 0) is 50.7 Å². The molecule has 25 nitrogen and oxygen atoms in total. The molecule has 25 heteroatoms. The Morgan fingerprint density at radius 2 is 1.32 bits per heavy atom. The van der Waals surface area contributed by atoms with E-state index in [9.17, 15) is 74.0 Å². The summed E-state index contributed by atoms with van der Waals surface area (Å²) in [6.07, 6.45) is -2.32. The van der Waals surface area contributed by atoms with Gasteiger partial charge in [0.05, 0.1) is 38.2 Å². The molecule has 0 aliphatic rings. The van der Waals surface area contributed by atoms with E-state index in [2.05, 4.69) is 31.3 Å². The molecular weight excluding hydrogens is 802 g/mol. The number of carbonyl (C=O) groups excluding carboxylic acids is 9. The van der Waals surface area contributed by atoms with E-state index in [0.717, 1.165) is 7.11 Å². The van der Waals surface area contributed by atoms with Crippen molar-refractivity contribution in [2.24, 2.45) is 11.5 Å². The van der Waals surface area contributed by atoms with Crippen molar-refractivity contribution in [1.82, 2.24) is 36.7 Å². The van der Waals surface area contributed by atoms with Gasteiger partial charge in [0.1, 0.15) is 24.2 Å². The number of hydroxylamine groups is 4. The number of primary amides is 1. The molecule has 0 fully saturated rings. The van der Waals surface area contributed by atoms with Crippen LogP contribution < -0.4 is 38.1 Å². The Morgan fingerprint density at radius 3 is 1.88 bits per heavy atom. The number of esters is 1. The lowest BCUT2D eigenvalue weighted by Crippen LogP contribution is -2.59. The van der Waals surface area contributed by atoms with E-state index in [0.29, 0.717) is 17.9 Å². The molecule has 1 aromatic carbocycles. The summed E-state index contributed by atoms with van der Waals surface area (Å²) in [6.45, 7) is -1.40. The molecule has 60 heavy (non-hydrogen) atoms. The van der Waals surface area contributed by atoms with E-state index in [4.69, 9.17) is 11.5 Å². The minimum atomic E-state index is -1.74. The summed E-state index contributed by atoms with van der Waals surface area (Å²) in [5.74, 6) is -7.95. The van der Waals surface area contributed by atoms with Gasteiger partial charge in [0.2, 0.25) is 42.4 Å². The number of ether oxygens (including phenoxy) is 1. The number of carbonyl (C=O) groups is 9. The van der Waals surface area contributed by atoms with E-state index in [1.54, 1.807) is 0 Å². The second kappa shape index (κ2) is 27.5. The molecule has 0 aliphatic heterocycles. The summed E-state index contributed by atoms with van der Waals surface area (Å²) in [7, 11) is 1.02. The molecule has 15 N–H and O–H groups in total. The zero-order valence-corrected chi connectivity index (χ0v) is 32.9. The molecule has 0 aliphatic carbocycles. The van der Waals surface area contributed by atoms with E-state index >= 15 is 0 Å². The van der Waals surface area contributed by atoms with Gasteiger partial charge >= 0.3 is 5.97 Å². The number of unbranched alkanes of at least 4 members (excludes halogenated alkanes) is 1. The molecule has 1 rings (SSSR count). The highest BCUT2D eigenvalue weighted by Gasteiger charge is 2.33. The second-order valence-electron chi connectivity index (χ2n) is 13.4. The third kappa shape index (κ3) is 19.1. The maximum absolute atomic E-state index is 13.5. The number of benzene rings is 1. The number of rotatable bonds is 30. The van der Waals surface area contributed by atoms with Crippen molar-refractivity contribution in [2.45, 2.75) is 94.1 Å². The van der Waals surface area contributed by atoms with Crippen LogP contribution in [0.25, 0.3) is 0 Å². The number of nitrogens with one attached hydrogen (secondary N) is 5. The fourth-order valence-corrected chi connectivity index (χ4v) is 5.41. The van der Waals surface area contributed by atoms with Crippen LogP contribution in [0.1, 0.15) is 68.1 Å². The Kier molecular flexibility index (Phi) is 23.8. The number of nitrogens with zero attached hydrogens (tertiary/aromatic N) is 2. The predicted molar refractivity (Wildman–Crippen MR) is 203 cm³/mol. The van der Waals surface area contributed by atoms with Crippen LogP contribution >= 0.6 is 0 Å². The number of hydrogen-bond acceptors (Lipinski definition) is 17. The summed E-state index contributed by atoms with van der Waals surface area (Å²) in [5.41, 5.74) is 11.2. The highest BCUT2D eigenvalue weighted by atomic mass is 16.5. The lowest BCUT2D eigenvalue weighted by molar-refractivity contribution is -0.150. The molecule has 6 unspecified atom stereocenters. The monoisotopic (exact) mass is 857 g/mol. The highest BCUT2D eigenvalue weighted by Crippen LogP contribution is 2.27. The van der Waals surface area contributed by atoms with E-state index in [-0.39, 0.29) is 75.2 Å². The van der Waals surface area contributed by atoms with Gasteiger partial charge in [-0.2, -0.15) is 0 Å². The van der Waals surface area contributed by atoms with Crippen molar-refractivity contribution in [3.8, 4) is 11.5 Å². The number of phenols is 2. The molecule has 1 aromatic rings. The summed E-state index contributed by atoms with van der Waals surface area (Å²) in [4.78, 5) is 111. The number of aliphatic hydroxyl groups is 2. The normalized spacial score (nSPS) is 13.8. The van der Waals surface area contributed by atoms with Crippen molar-refractivity contribution in [3.63, 3.8) is 0 Å². The largest absolute Gasteiger partial charge is 0.504 e. The van der Waals surface area contributed by atoms with Crippen LogP contribution in [-0.4, -0.2) is 165 Å². The van der Waals surface area contributed by atoms with E-state index < -0.39 is 109 Å². The maximum atomic E-state index is 13.5. The first-order chi connectivity index (χ1) is 28.4. The lowest BCUT2D eigenvalue weighted by atomic mass is 10.0. The third-order valence-corrected chi connectivity index (χ3v) is 8.71. The van der Waals surface area contributed by atoms with Crippen LogP contribution in [0, 0.1) is 0 Å². The van der Waals surface area contributed by atoms with Crippen molar-refractivity contribution in [1.29, 1.82) is 0 Å². The molecule has 6 atom stereocenters. The van der Waals surface area contributed by atoms with Crippen LogP contribution in [0.3, 0.4) is 0 Å². The zero-order valence-electron chi connectivity index (χ0n) is 32.9. The summed E-state index contributed by atoms with van der Waals surface area (Å²) in [6, 6.07) is -3.44. The number of phenolic OH excluding ortho intramolecular Hbond substituents is 2. The molecule has 0 bridgehead atoms. The Hall–Kier alpha value is -6.15. The van der Waals surface area contributed by atoms with Gasteiger partial charge < -0.3 is 63.2 Å². The molecule has 8 amide bonds. The van der Waals surface area contributed by atoms with Gasteiger partial charge in [-0.15, -0.1) is 0 Å². The minimum absolute atomic E-state index is 0.00673. The quantitative estimate of drug-likeness (QED) is 0.00863. The van der Waals surface area contributed by atoms with Gasteiger partial charge in [0.25, 0.3) is 5.91 Å². The molecular formula is C35H55N9O16. The smallest absolute Gasteiger partial charge is 0.328 e. The number of nitrogens with two attached hydrogens (primary N) is 2. The van der Waals surface area contributed by atoms with E-state index in [1.807, 2.05) is 0 Å². The predicted octanol–water partition coefficient (Wildman–Crippen LogP) is -4.69. The standard InChI is InChI=1S/C35H55N9O16/c1-60-35(57)23(10-6-14-44(59)19-47)41-33(55)24(15-28(37)50)42-32(54)22(9-5-13-43(58)18-46)40-34(56)25(17-45)39-29(51)16-27(49)21(36)8-2-3-12-38-31(53)20-7-4-11-26(48)30(20)52/h4,7,11,18-19,21-25,27,45,48-49,52,58-59H,2-3,5-6,8-10,12-17,36H2,1H3,(H2,37,50)(H,38,53)(H,39,51)(H,40,56)(H,41,55)(H,42,54). The first-order valence-electron chi connectivity index (χ1n) is 18.6. The first kappa shape index (κ1) is 51.9. The topological polar surface area (TPSA) is 403 Å².